The smallest absolute Gasteiger partial charge is 0.423 e. The zero-order valence-corrected chi connectivity index (χ0v) is 14.0. The van der Waals surface area contributed by atoms with Crippen molar-refractivity contribution in [2.75, 3.05) is 22.9 Å². The van der Waals surface area contributed by atoms with Crippen LogP contribution >= 0.6 is 0 Å². The van der Waals surface area contributed by atoms with Gasteiger partial charge < -0.3 is 9.64 Å². The van der Waals surface area contributed by atoms with Crippen molar-refractivity contribution in [2.24, 2.45) is 0 Å². The van der Waals surface area contributed by atoms with E-state index < -0.39 is 60.0 Å². The Morgan fingerprint density at radius 2 is 1.96 bits per heavy atom. The maximum Gasteiger partial charge on any atom is 0.483 e. The molecule has 0 unspecified atom stereocenters. The summed E-state index contributed by atoms with van der Waals surface area (Å²) >= 11 is 0. The molecule has 3 heterocycles. The number of alkyl halides is 3. The number of amides is 4. The Kier molecular flexibility index (Phi) is 3.78. The van der Waals surface area contributed by atoms with Crippen molar-refractivity contribution in [3.05, 3.63) is 17.9 Å². The molecule has 2 atom stereocenters. The summed E-state index contributed by atoms with van der Waals surface area (Å²) in [5, 5.41) is 0. The van der Waals surface area contributed by atoms with Gasteiger partial charge >= 0.3 is 18.0 Å². The van der Waals surface area contributed by atoms with Crippen LogP contribution in [0.3, 0.4) is 0 Å². The predicted molar refractivity (Wildman–Crippen MR) is 86.1 cm³/mol. The number of carbonyl (C=O) groups excluding carboxylic acids is 3. The number of rotatable bonds is 2. The molecular formula is C17H11F4N3O4. The Balaban J connectivity index is 1.79. The first-order valence-corrected chi connectivity index (χ1v) is 8.10. The number of hydrogen-bond donors (Lipinski definition) is 0. The van der Waals surface area contributed by atoms with Crippen LogP contribution < -0.4 is 14.5 Å². The highest BCUT2D eigenvalue weighted by molar-refractivity contribution is 6.22. The van der Waals surface area contributed by atoms with E-state index in [1.807, 2.05) is 5.92 Å². The van der Waals surface area contributed by atoms with Gasteiger partial charge in [0.05, 0.1) is 24.5 Å². The number of terminal acetylenes is 1. The number of fused-ring (bicyclic) bond motifs is 2. The lowest BCUT2D eigenvalue weighted by Crippen LogP contribution is -2.51. The number of urea groups is 1. The van der Waals surface area contributed by atoms with Crippen molar-refractivity contribution in [3.63, 3.8) is 0 Å². The van der Waals surface area contributed by atoms with E-state index >= 15 is 0 Å². The summed E-state index contributed by atoms with van der Waals surface area (Å²) in [4.78, 5) is 38.8. The Morgan fingerprint density at radius 3 is 2.61 bits per heavy atom. The van der Waals surface area contributed by atoms with E-state index in [1.165, 1.54) is 0 Å². The minimum absolute atomic E-state index is 0.218. The number of hydrogen-bond acceptors (Lipinski definition) is 4. The number of nitrogens with zero attached hydrogens (tertiary/aromatic N) is 3. The van der Waals surface area contributed by atoms with Crippen LogP contribution in [0, 0.1) is 18.2 Å². The standard InChI is InChI=1S/C17H11F4N3O4/c1-2-3-22-11-6-10(9(19)5-13(11)28-17(20,21)15(22)26)24-14(25)12-4-8(18)7-23(12)16(24)27/h1,5-6,8,12H,3-4,7H2/t8-,12+/m0/s1. The lowest BCUT2D eigenvalue weighted by molar-refractivity contribution is -0.192. The van der Waals surface area contributed by atoms with E-state index in [2.05, 4.69) is 4.74 Å². The lowest BCUT2D eigenvalue weighted by atomic mass is 10.1. The first kappa shape index (κ1) is 18.1. The zero-order chi connectivity index (χ0) is 20.4. The van der Waals surface area contributed by atoms with Crippen LogP contribution in [0.25, 0.3) is 0 Å². The summed E-state index contributed by atoms with van der Waals surface area (Å²) in [5.41, 5.74) is -0.886. The monoisotopic (exact) mass is 397 g/mol. The third kappa shape index (κ3) is 2.41. The molecule has 11 heteroatoms. The van der Waals surface area contributed by atoms with Crippen LogP contribution in [0.15, 0.2) is 12.1 Å². The third-order valence-electron chi connectivity index (χ3n) is 4.73. The molecule has 0 aromatic heterocycles. The number of benzene rings is 1. The molecule has 1 aromatic rings. The number of halogens is 4. The molecule has 0 N–H and O–H groups in total. The largest absolute Gasteiger partial charge is 0.483 e. The van der Waals surface area contributed by atoms with Gasteiger partial charge in [0, 0.05) is 12.5 Å². The molecule has 1 aromatic carbocycles. The van der Waals surface area contributed by atoms with Gasteiger partial charge in [-0.2, -0.15) is 8.78 Å². The van der Waals surface area contributed by atoms with Gasteiger partial charge in [-0.25, -0.2) is 18.5 Å². The van der Waals surface area contributed by atoms with E-state index in [9.17, 15) is 31.9 Å². The van der Waals surface area contributed by atoms with E-state index in [1.54, 1.807) is 0 Å². The van der Waals surface area contributed by atoms with Gasteiger partial charge in [-0.1, -0.05) is 5.92 Å². The van der Waals surface area contributed by atoms with Crippen LogP contribution in [-0.2, 0) is 9.59 Å². The average molecular weight is 397 g/mol. The highest BCUT2D eigenvalue weighted by Crippen LogP contribution is 2.44. The topological polar surface area (TPSA) is 70.2 Å². The predicted octanol–water partition coefficient (Wildman–Crippen LogP) is 1.66. The molecule has 0 bridgehead atoms. The molecule has 3 aliphatic heterocycles. The van der Waals surface area contributed by atoms with Gasteiger partial charge in [0.1, 0.15) is 12.2 Å². The summed E-state index contributed by atoms with van der Waals surface area (Å²) in [6, 6.07) is -0.607. The molecule has 0 saturated carbocycles. The summed E-state index contributed by atoms with van der Waals surface area (Å²) in [5.74, 6) is -2.47. The van der Waals surface area contributed by atoms with Crippen LogP contribution in [0.2, 0.25) is 0 Å². The zero-order valence-electron chi connectivity index (χ0n) is 14.0. The molecule has 2 fully saturated rings. The fourth-order valence-corrected chi connectivity index (χ4v) is 3.52. The van der Waals surface area contributed by atoms with Gasteiger partial charge in [0.2, 0.25) is 0 Å². The average Bonchev–Trinajstić information content (AvgIpc) is 3.10. The SMILES string of the molecule is C#CCN1C(=O)C(F)(F)Oc2cc(F)c(N3C(=O)[C@H]4C[C@H](F)CN4C3=O)cc21. The van der Waals surface area contributed by atoms with Crippen LogP contribution in [-0.4, -0.2) is 54.2 Å². The van der Waals surface area contributed by atoms with Crippen molar-refractivity contribution >= 4 is 29.2 Å². The Morgan fingerprint density at radius 1 is 1.25 bits per heavy atom. The Labute approximate surface area is 155 Å². The van der Waals surface area contributed by atoms with E-state index in [-0.39, 0.29) is 18.7 Å². The summed E-state index contributed by atoms with van der Waals surface area (Å²) in [6.45, 7) is -0.884. The van der Waals surface area contributed by atoms with Crippen molar-refractivity contribution in [3.8, 4) is 18.1 Å². The van der Waals surface area contributed by atoms with Gasteiger partial charge in [0.25, 0.3) is 5.91 Å². The minimum Gasteiger partial charge on any atom is -0.423 e. The number of ether oxygens (including phenoxy) is 1. The second-order valence-corrected chi connectivity index (χ2v) is 6.44. The first-order chi connectivity index (χ1) is 13.2. The summed E-state index contributed by atoms with van der Waals surface area (Å²) < 4.78 is 59.8. The molecule has 146 valence electrons. The second kappa shape index (κ2) is 5.85. The fraction of sp³-hybridized carbons (Fsp3) is 0.353. The summed E-state index contributed by atoms with van der Waals surface area (Å²) in [7, 11) is 0. The Bertz CT molecular complexity index is 936. The minimum atomic E-state index is -4.25. The normalized spacial score (nSPS) is 25.5. The molecule has 28 heavy (non-hydrogen) atoms. The Hall–Kier alpha value is -3.29. The first-order valence-electron chi connectivity index (χ1n) is 8.10. The number of anilines is 2. The lowest BCUT2D eigenvalue weighted by Gasteiger charge is -2.33. The van der Waals surface area contributed by atoms with Crippen LogP contribution in [0.1, 0.15) is 6.42 Å². The molecule has 2 saturated heterocycles. The van der Waals surface area contributed by atoms with E-state index in [0.29, 0.717) is 15.9 Å². The highest BCUT2D eigenvalue weighted by atomic mass is 19.3. The van der Waals surface area contributed by atoms with E-state index in [0.717, 1.165) is 11.0 Å². The maximum absolute atomic E-state index is 14.6. The van der Waals surface area contributed by atoms with Gasteiger partial charge in [0.15, 0.2) is 11.6 Å². The van der Waals surface area contributed by atoms with Crippen LogP contribution in [0.5, 0.6) is 5.75 Å². The maximum atomic E-state index is 14.6. The number of carbonyl (C=O) groups is 3. The molecule has 7 nitrogen and oxygen atoms in total. The second-order valence-electron chi connectivity index (χ2n) is 6.44. The molecule has 0 spiro atoms. The molecule has 0 radical (unpaired) electrons. The number of imide groups is 1. The molecule has 3 aliphatic rings. The van der Waals surface area contributed by atoms with Crippen molar-refractivity contribution in [1.82, 2.24) is 4.90 Å². The van der Waals surface area contributed by atoms with Crippen molar-refractivity contribution in [1.29, 1.82) is 0 Å². The van der Waals surface area contributed by atoms with Crippen molar-refractivity contribution < 1.29 is 36.7 Å². The van der Waals surface area contributed by atoms with Gasteiger partial charge in [-0.05, 0) is 6.07 Å². The fourth-order valence-electron chi connectivity index (χ4n) is 3.52. The molecule has 0 aliphatic carbocycles. The molecular weight excluding hydrogens is 386 g/mol. The van der Waals surface area contributed by atoms with Crippen LogP contribution in [0.4, 0.5) is 33.7 Å². The summed E-state index contributed by atoms with van der Waals surface area (Å²) in [6.07, 6.45) is -0.727. The highest BCUT2D eigenvalue weighted by Gasteiger charge is 2.54. The van der Waals surface area contributed by atoms with Crippen molar-refractivity contribution in [2.45, 2.75) is 24.7 Å². The van der Waals surface area contributed by atoms with E-state index in [4.69, 9.17) is 6.42 Å². The molecule has 4 rings (SSSR count). The van der Waals surface area contributed by atoms with Gasteiger partial charge in [-0.3, -0.25) is 14.5 Å². The van der Waals surface area contributed by atoms with Gasteiger partial charge in [-0.15, -0.1) is 6.42 Å². The third-order valence-corrected chi connectivity index (χ3v) is 4.73. The molecule has 4 amide bonds. The quantitative estimate of drug-likeness (QED) is 0.432.